The third-order valence-electron chi connectivity index (χ3n) is 5.65. The number of methoxy groups -OCH3 is 1. The Bertz CT molecular complexity index is 509. The number of benzene rings is 1. The lowest BCUT2D eigenvalue weighted by Crippen LogP contribution is -2.33. The lowest BCUT2D eigenvalue weighted by molar-refractivity contribution is -0.131. The van der Waals surface area contributed by atoms with Crippen molar-refractivity contribution in [1.82, 2.24) is 0 Å². The standard InChI is InChI=1S/C16H18O2/c1-18-16(12-5-3-2-4-6-12)10-15(16)13-8-7-11(9-13)14(15)17/h2-6,11,13H,7-10H2,1H3/t11-,13+,15-,16+/m0/s1. The topological polar surface area (TPSA) is 26.3 Å². The number of ketones is 1. The summed E-state index contributed by atoms with van der Waals surface area (Å²) < 4.78 is 5.87. The van der Waals surface area contributed by atoms with Gasteiger partial charge in [0.25, 0.3) is 0 Å². The Kier molecular flexibility index (Phi) is 1.93. The van der Waals surface area contributed by atoms with E-state index >= 15 is 0 Å². The third-order valence-corrected chi connectivity index (χ3v) is 5.65. The molecule has 4 atom stereocenters. The molecular formula is C16H18O2. The molecule has 2 heteroatoms. The van der Waals surface area contributed by atoms with Gasteiger partial charge in [-0.3, -0.25) is 4.79 Å². The summed E-state index contributed by atoms with van der Waals surface area (Å²) in [5.41, 5.74) is 0.699. The fourth-order valence-corrected chi connectivity index (χ4v) is 4.78. The van der Waals surface area contributed by atoms with E-state index in [2.05, 4.69) is 12.1 Å². The second-order valence-electron chi connectivity index (χ2n) is 6.12. The van der Waals surface area contributed by atoms with Gasteiger partial charge >= 0.3 is 0 Å². The van der Waals surface area contributed by atoms with Crippen molar-refractivity contribution in [2.75, 3.05) is 7.11 Å². The fourth-order valence-electron chi connectivity index (χ4n) is 4.78. The molecule has 4 rings (SSSR count). The van der Waals surface area contributed by atoms with Crippen molar-refractivity contribution in [2.45, 2.75) is 31.3 Å². The zero-order valence-corrected chi connectivity index (χ0v) is 10.7. The molecule has 1 aromatic rings. The number of carbonyl (C=O) groups excluding carboxylic acids is 1. The second kappa shape index (κ2) is 3.24. The van der Waals surface area contributed by atoms with Crippen LogP contribution in [-0.4, -0.2) is 12.9 Å². The van der Waals surface area contributed by atoms with Gasteiger partial charge in [0.2, 0.25) is 0 Å². The molecule has 0 unspecified atom stereocenters. The Morgan fingerprint density at radius 2 is 2.00 bits per heavy atom. The van der Waals surface area contributed by atoms with Gasteiger partial charge in [-0.05, 0) is 37.2 Å². The first-order valence-corrected chi connectivity index (χ1v) is 6.89. The van der Waals surface area contributed by atoms with Gasteiger partial charge < -0.3 is 4.74 Å². The molecular weight excluding hydrogens is 224 g/mol. The fraction of sp³-hybridized carbons (Fsp3) is 0.562. The summed E-state index contributed by atoms with van der Waals surface area (Å²) in [6.07, 6.45) is 4.34. The highest BCUT2D eigenvalue weighted by Gasteiger charge is 2.80. The van der Waals surface area contributed by atoms with Crippen molar-refractivity contribution in [1.29, 1.82) is 0 Å². The minimum absolute atomic E-state index is 0.175. The highest BCUT2D eigenvalue weighted by Crippen LogP contribution is 2.76. The summed E-state index contributed by atoms with van der Waals surface area (Å²) in [5, 5.41) is 0. The van der Waals surface area contributed by atoms with Gasteiger partial charge in [-0.25, -0.2) is 0 Å². The van der Waals surface area contributed by atoms with E-state index in [4.69, 9.17) is 4.74 Å². The summed E-state index contributed by atoms with van der Waals surface area (Å²) in [7, 11) is 1.76. The van der Waals surface area contributed by atoms with Gasteiger partial charge in [-0.15, -0.1) is 0 Å². The van der Waals surface area contributed by atoms with Gasteiger partial charge in [0.1, 0.15) is 11.4 Å². The van der Waals surface area contributed by atoms with Crippen LogP contribution in [-0.2, 0) is 15.1 Å². The molecule has 0 amide bonds. The van der Waals surface area contributed by atoms with E-state index in [1.807, 2.05) is 18.2 Å². The predicted molar refractivity (Wildman–Crippen MR) is 68.0 cm³/mol. The van der Waals surface area contributed by atoms with Crippen LogP contribution in [0.1, 0.15) is 31.2 Å². The number of fused-ring (bicyclic) bond motifs is 3. The molecule has 18 heavy (non-hydrogen) atoms. The number of carbonyl (C=O) groups is 1. The van der Waals surface area contributed by atoms with Crippen LogP contribution in [0.25, 0.3) is 0 Å². The minimum Gasteiger partial charge on any atom is -0.372 e. The van der Waals surface area contributed by atoms with Gasteiger partial charge in [-0.2, -0.15) is 0 Å². The van der Waals surface area contributed by atoms with Crippen LogP contribution in [0.5, 0.6) is 0 Å². The van der Waals surface area contributed by atoms with E-state index in [9.17, 15) is 4.79 Å². The van der Waals surface area contributed by atoms with Crippen LogP contribution in [0.3, 0.4) is 0 Å². The quantitative estimate of drug-likeness (QED) is 0.797. The predicted octanol–water partition coefficient (Wildman–Crippen LogP) is 2.92. The van der Waals surface area contributed by atoms with Gasteiger partial charge in [0, 0.05) is 13.0 Å². The van der Waals surface area contributed by atoms with E-state index in [0.717, 1.165) is 19.3 Å². The normalized spacial score (nSPS) is 44.8. The third kappa shape index (κ3) is 0.982. The molecule has 0 aromatic heterocycles. The van der Waals surface area contributed by atoms with Crippen LogP contribution in [0, 0.1) is 17.3 Å². The molecule has 3 aliphatic carbocycles. The summed E-state index contributed by atoms with van der Waals surface area (Å²) >= 11 is 0. The number of Topliss-reactive ketones (excluding diaryl/α,β-unsaturated/α-hetero) is 1. The zero-order chi connectivity index (χ0) is 12.4. The van der Waals surface area contributed by atoms with Crippen molar-refractivity contribution < 1.29 is 9.53 Å². The maximum absolute atomic E-state index is 12.6. The first-order valence-electron chi connectivity index (χ1n) is 6.89. The molecule has 0 saturated heterocycles. The van der Waals surface area contributed by atoms with Crippen molar-refractivity contribution in [3.63, 3.8) is 0 Å². The number of rotatable bonds is 2. The Morgan fingerprint density at radius 1 is 1.22 bits per heavy atom. The van der Waals surface area contributed by atoms with E-state index in [0.29, 0.717) is 17.6 Å². The maximum Gasteiger partial charge on any atom is 0.145 e. The van der Waals surface area contributed by atoms with Crippen LogP contribution in [0.15, 0.2) is 30.3 Å². The average molecular weight is 242 g/mol. The number of hydrogen-bond acceptors (Lipinski definition) is 2. The monoisotopic (exact) mass is 242 g/mol. The molecule has 0 heterocycles. The largest absolute Gasteiger partial charge is 0.372 e. The van der Waals surface area contributed by atoms with E-state index < -0.39 is 0 Å². The smallest absolute Gasteiger partial charge is 0.145 e. The molecule has 3 saturated carbocycles. The summed E-state index contributed by atoms with van der Waals surface area (Å²) in [6, 6.07) is 10.3. The van der Waals surface area contributed by atoms with Crippen LogP contribution < -0.4 is 0 Å². The second-order valence-corrected chi connectivity index (χ2v) is 6.12. The Morgan fingerprint density at radius 3 is 2.61 bits per heavy atom. The lowest BCUT2D eigenvalue weighted by Gasteiger charge is -2.27. The van der Waals surface area contributed by atoms with E-state index in [1.54, 1.807) is 7.11 Å². The zero-order valence-electron chi connectivity index (χ0n) is 10.7. The van der Waals surface area contributed by atoms with Crippen molar-refractivity contribution in [3.05, 3.63) is 35.9 Å². The van der Waals surface area contributed by atoms with Gasteiger partial charge in [0.15, 0.2) is 0 Å². The molecule has 3 fully saturated rings. The van der Waals surface area contributed by atoms with Crippen LogP contribution >= 0.6 is 0 Å². The molecule has 0 N–H and O–H groups in total. The van der Waals surface area contributed by atoms with E-state index in [-0.39, 0.29) is 11.0 Å². The van der Waals surface area contributed by atoms with Crippen LogP contribution in [0.4, 0.5) is 0 Å². The highest BCUT2D eigenvalue weighted by atomic mass is 16.5. The molecule has 3 aliphatic rings. The maximum atomic E-state index is 12.6. The lowest BCUT2D eigenvalue weighted by atomic mass is 9.80. The Hall–Kier alpha value is -1.15. The molecule has 2 nitrogen and oxygen atoms in total. The molecule has 94 valence electrons. The molecule has 1 spiro atoms. The average Bonchev–Trinajstić information content (AvgIpc) is 2.74. The summed E-state index contributed by atoms with van der Waals surface area (Å²) in [5.74, 6) is 1.38. The number of ether oxygens (including phenoxy) is 1. The summed E-state index contributed by atoms with van der Waals surface area (Å²) in [6.45, 7) is 0. The van der Waals surface area contributed by atoms with Gasteiger partial charge in [-0.1, -0.05) is 30.3 Å². The van der Waals surface area contributed by atoms with Crippen molar-refractivity contribution in [2.24, 2.45) is 17.3 Å². The molecule has 0 radical (unpaired) electrons. The highest BCUT2D eigenvalue weighted by molar-refractivity contribution is 5.95. The van der Waals surface area contributed by atoms with Crippen molar-refractivity contribution >= 4 is 5.78 Å². The van der Waals surface area contributed by atoms with E-state index in [1.165, 1.54) is 12.0 Å². The molecule has 0 aliphatic heterocycles. The Labute approximate surface area is 107 Å². The first-order chi connectivity index (χ1) is 8.74. The van der Waals surface area contributed by atoms with Gasteiger partial charge in [0.05, 0.1) is 5.41 Å². The molecule has 1 aromatic carbocycles. The summed E-state index contributed by atoms with van der Waals surface area (Å²) in [4.78, 5) is 12.6. The van der Waals surface area contributed by atoms with Crippen molar-refractivity contribution in [3.8, 4) is 0 Å². The Balaban J connectivity index is 1.80. The minimum atomic E-state index is -0.314. The van der Waals surface area contributed by atoms with Crippen LogP contribution in [0.2, 0.25) is 0 Å². The first kappa shape index (κ1) is 10.7. The number of hydrogen-bond donors (Lipinski definition) is 0. The molecule has 2 bridgehead atoms. The SMILES string of the molecule is CO[C@@]1(c2ccccc2)C[C@]12C(=O)[C@H]1CC[C@@H]2C1.